The summed E-state index contributed by atoms with van der Waals surface area (Å²) in [5.41, 5.74) is 9.13. The van der Waals surface area contributed by atoms with Crippen LogP contribution in [0.3, 0.4) is 0 Å². The van der Waals surface area contributed by atoms with Crippen molar-refractivity contribution in [2.75, 3.05) is 6.61 Å². The molecule has 1 heterocycles. The lowest BCUT2D eigenvalue weighted by molar-refractivity contribution is 0.357. The van der Waals surface area contributed by atoms with Crippen molar-refractivity contribution in [3.05, 3.63) is 64.2 Å². The molecule has 0 bridgehead atoms. The van der Waals surface area contributed by atoms with Crippen molar-refractivity contribution < 1.29 is 4.74 Å². The van der Waals surface area contributed by atoms with Gasteiger partial charge in [0.1, 0.15) is 5.75 Å². The highest BCUT2D eigenvalue weighted by molar-refractivity contribution is 5.45. The zero-order valence-electron chi connectivity index (χ0n) is 11.9. The maximum absolute atomic E-state index is 5.82. The highest BCUT2D eigenvalue weighted by Gasteiger charge is 2.18. The molecule has 0 saturated heterocycles. The zero-order valence-corrected chi connectivity index (χ0v) is 11.9. The lowest BCUT2D eigenvalue weighted by atomic mass is 9.93. The molecule has 0 aromatic heterocycles. The molecule has 3 N–H and O–H groups in total. The van der Waals surface area contributed by atoms with Gasteiger partial charge in [-0.3, -0.25) is 5.84 Å². The van der Waals surface area contributed by atoms with Gasteiger partial charge in [0.25, 0.3) is 0 Å². The quantitative estimate of drug-likeness (QED) is 0.664. The summed E-state index contributed by atoms with van der Waals surface area (Å²) in [6, 6.07) is 12.8. The number of hydrogen-bond acceptors (Lipinski definition) is 3. The number of ether oxygens (including phenoxy) is 1. The van der Waals surface area contributed by atoms with Gasteiger partial charge in [0.05, 0.1) is 12.6 Å². The maximum atomic E-state index is 5.82. The predicted octanol–water partition coefficient (Wildman–Crippen LogP) is 2.79. The highest BCUT2D eigenvalue weighted by atomic mass is 16.5. The van der Waals surface area contributed by atoms with Gasteiger partial charge in [0.2, 0.25) is 0 Å². The van der Waals surface area contributed by atoms with Gasteiger partial charge in [-0.05, 0) is 42.2 Å². The first-order valence-corrected chi connectivity index (χ1v) is 6.98. The lowest BCUT2D eigenvalue weighted by Crippen LogP contribution is -2.29. The van der Waals surface area contributed by atoms with Gasteiger partial charge in [0, 0.05) is 6.42 Å². The Balaban J connectivity index is 2.03. The van der Waals surface area contributed by atoms with Gasteiger partial charge < -0.3 is 4.74 Å². The molecule has 1 unspecified atom stereocenters. The number of hydrazine groups is 1. The van der Waals surface area contributed by atoms with Gasteiger partial charge in [-0.2, -0.15) is 0 Å². The summed E-state index contributed by atoms with van der Waals surface area (Å²) in [7, 11) is 0. The third-order valence-electron chi connectivity index (χ3n) is 3.96. The van der Waals surface area contributed by atoms with Gasteiger partial charge in [-0.25, -0.2) is 5.43 Å². The largest absolute Gasteiger partial charge is 0.493 e. The highest BCUT2D eigenvalue weighted by Crippen LogP contribution is 2.31. The molecular weight excluding hydrogens is 248 g/mol. The Labute approximate surface area is 119 Å². The maximum Gasteiger partial charge on any atom is 0.122 e. The minimum atomic E-state index is 0.0146. The summed E-state index contributed by atoms with van der Waals surface area (Å²) in [5.74, 6) is 6.82. The number of nitrogens with two attached hydrogens (primary N) is 1. The van der Waals surface area contributed by atoms with Gasteiger partial charge in [-0.15, -0.1) is 0 Å². The van der Waals surface area contributed by atoms with Gasteiger partial charge in [0.15, 0.2) is 0 Å². The van der Waals surface area contributed by atoms with Crippen LogP contribution >= 0.6 is 0 Å². The van der Waals surface area contributed by atoms with E-state index in [0.29, 0.717) is 0 Å². The van der Waals surface area contributed by atoms with Crippen LogP contribution in [-0.4, -0.2) is 6.61 Å². The first-order chi connectivity index (χ1) is 9.69. The fraction of sp³-hybridized carbons (Fsp3) is 0.294. The van der Waals surface area contributed by atoms with Crippen LogP contribution < -0.4 is 16.0 Å². The van der Waals surface area contributed by atoms with Crippen LogP contribution in [0, 0.1) is 13.8 Å². The van der Waals surface area contributed by atoms with Crippen LogP contribution in [0.2, 0.25) is 0 Å². The van der Waals surface area contributed by atoms with Crippen LogP contribution in [0.15, 0.2) is 36.4 Å². The van der Waals surface area contributed by atoms with Crippen molar-refractivity contribution in [1.29, 1.82) is 0 Å². The summed E-state index contributed by atoms with van der Waals surface area (Å²) in [4.78, 5) is 0. The Kier molecular flexibility index (Phi) is 3.47. The second-order valence-electron chi connectivity index (χ2n) is 5.43. The van der Waals surface area contributed by atoms with E-state index in [-0.39, 0.29) is 6.04 Å². The monoisotopic (exact) mass is 268 g/mol. The van der Waals surface area contributed by atoms with Gasteiger partial charge >= 0.3 is 0 Å². The average Bonchev–Trinajstić information content (AvgIpc) is 2.91. The summed E-state index contributed by atoms with van der Waals surface area (Å²) in [6.07, 6.45) is 0.979. The molecule has 3 heteroatoms. The molecule has 0 aliphatic carbocycles. The number of rotatable bonds is 3. The number of aryl methyl sites for hydroxylation is 2. The zero-order chi connectivity index (χ0) is 14.1. The van der Waals surface area contributed by atoms with Crippen LogP contribution in [0.25, 0.3) is 0 Å². The van der Waals surface area contributed by atoms with E-state index >= 15 is 0 Å². The van der Waals surface area contributed by atoms with E-state index in [1.54, 1.807) is 0 Å². The van der Waals surface area contributed by atoms with E-state index in [9.17, 15) is 0 Å². The molecule has 0 radical (unpaired) electrons. The SMILES string of the molecule is Cc1ccc(C)c(C(NN)c2ccc3c(c2)CCO3)c1. The first-order valence-electron chi connectivity index (χ1n) is 6.98. The Bertz CT molecular complexity index is 637. The average molecular weight is 268 g/mol. The van der Waals surface area contributed by atoms with Gasteiger partial charge in [-0.1, -0.05) is 35.9 Å². The van der Waals surface area contributed by atoms with Crippen molar-refractivity contribution in [1.82, 2.24) is 5.43 Å². The van der Waals surface area contributed by atoms with Crippen LogP contribution in [0.1, 0.15) is 33.9 Å². The predicted molar refractivity (Wildman–Crippen MR) is 80.7 cm³/mol. The normalized spacial score (nSPS) is 14.8. The number of fused-ring (bicyclic) bond motifs is 1. The molecule has 20 heavy (non-hydrogen) atoms. The standard InChI is InChI=1S/C17H20N2O/c1-11-3-4-12(2)15(9-11)17(19-18)14-5-6-16-13(10-14)7-8-20-16/h3-6,9-10,17,19H,7-8,18H2,1-2H3. The van der Waals surface area contributed by atoms with Crippen molar-refractivity contribution in [3.63, 3.8) is 0 Å². The minimum Gasteiger partial charge on any atom is -0.493 e. The molecule has 3 nitrogen and oxygen atoms in total. The molecule has 2 aromatic carbocycles. The second-order valence-corrected chi connectivity index (χ2v) is 5.43. The molecule has 0 fully saturated rings. The molecule has 1 aliphatic heterocycles. The third-order valence-corrected chi connectivity index (χ3v) is 3.96. The first kappa shape index (κ1) is 13.2. The third kappa shape index (κ3) is 2.30. The summed E-state index contributed by atoms with van der Waals surface area (Å²) in [5, 5.41) is 0. The molecule has 104 valence electrons. The lowest BCUT2D eigenvalue weighted by Gasteiger charge is -2.20. The summed E-state index contributed by atoms with van der Waals surface area (Å²) >= 11 is 0. The number of benzene rings is 2. The smallest absolute Gasteiger partial charge is 0.122 e. The van der Waals surface area contributed by atoms with Crippen LogP contribution in [0.4, 0.5) is 0 Å². The minimum absolute atomic E-state index is 0.0146. The van der Waals surface area contributed by atoms with E-state index in [1.165, 1.54) is 27.8 Å². The second kappa shape index (κ2) is 5.27. The van der Waals surface area contributed by atoms with E-state index in [0.717, 1.165) is 18.8 Å². The van der Waals surface area contributed by atoms with Crippen molar-refractivity contribution in [2.24, 2.45) is 5.84 Å². The molecule has 1 atom stereocenters. The van der Waals surface area contributed by atoms with E-state index < -0.39 is 0 Å². The Morgan fingerprint density at radius 1 is 1.15 bits per heavy atom. The Morgan fingerprint density at radius 2 is 2.00 bits per heavy atom. The molecule has 0 saturated carbocycles. The Morgan fingerprint density at radius 3 is 2.80 bits per heavy atom. The fourth-order valence-electron chi connectivity index (χ4n) is 2.82. The topological polar surface area (TPSA) is 47.3 Å². The molecule has 3 rings (SSSR count). The summed E-state index contributed by atoms with van der Waals surface area (Å²) in [6.45, 7) is 5.01. The van der Waals surface area contributed by atoms with Crippen molar-refractivity contribution >= 4 is 0 Å². The molecular formula is C17H20N2O. The fourth-order valence-corrected chi connectivity index (χ4v) is 2.82. The van der Waals surface area contributed by atoms with E-state index in [1.807, 2.05) is 6.07 Å². The van der Waals surface area contributed by atoms with Crippen LogP contribution in [0.5, 0.6) is 5.75 Å². The van der Waals surface area contributed by atoms with E-state index in [2.05, 4.69) is 49.6 Å². The Hall–Kier alpha value is -1.84. The molecule has 1 aliphatic rings. The van der Waals surface area contributed by atoms with Crippen LogP contribution in [-0.2, 0) is 6.42 Å². The molecule has 0 spiro atoms. The van der Waals surface area contributed by atoms with Crippen molar-refractivity contribution in [2.45, 2.75) is 26.3 Å². The molecule has 2 aromatic rings. The summed E-state index contributed by atoms with van der Waals surface area (Å²) < 4.78 is 5.56. The number of nitrogens with one attached hydrogen (secondary N) is 1. The number of hydrogen-bond donors (Lipinski definition) is 2. The van der Waals surface area contributed by atoms with E-state index in [4.69, 9.17) is 10.6 Å². The van der Waals surface area contributed by atoms with Crippen molar-refractivity contribution in [3.8, 4) is 5.75 Å². The molecule has 0 amide bonds.